The molecule has 0 saturated heterocycles. The quantitative estimate of drug-likeness (QED) is 0.497. The highest BCUT2D eigenvalue weighted by Crippen LogP contribution is 2.23. The summed E-state index contributed by atoms with van der Waals surface area (Å²) >= 11 is 8.98. The summed E-state index contributed by atoms with van der Waals surface area (Å²) in [6.07, 6.45) is 1.42. The second-order valence-electron chi connectivity index (χ2n) is 5.10. The summed E-state index contributed by atoms with van der Waals surface area (Å²) < 4.78 is 27.0. The maximum atomic E-state index is 12.5. The van der Waals surface area contributed by atoms with Crippen molar-refractivity contribution in [3.05, 3.63) is 28.8 Å². The number of carbonyl (C=O) groups excluding carboxylic acids is 2. The van der Waals surface area contributed by atoms with Crippen LogP contribution < -0.4 is 4.72 Å². The monoisotopic (exact) mass is 438 g/mol. The lowest BCUT2D eigenvalue weighted by Crippen LogP contribution is -2.43. The third-order valence-corrected chi connectivity index (χ3v) is 5.47. The van der Waals surface area contributed by atoms with Crippen LogP contribution in [0.5, 0.6) is 0 Å². The van der Waals surface area contributed by atoms with E-state index in [0.717, 1.165) is 0 Å². The molecule has 0 radical (unpaired) electrons. The Hall–Kier alpha value is -1.12. The maximum Gasteiger partial charge on any atom is 0.331 e. The average molecular weight is 440 g/mol. The number of amides is 2. The summed E-state index contributed by atoms with van der Waals surface area (Å²) in [7, 11) is -4.18. The van der Waals surface area contributed by atoms with Crippen molar-refractivity contribution in [2.24, 2.45) is 0 Å². The third kappa shape index (κ3) is 5.46. The van der Waals surface area contributed by atoms with Gasteiger partial charge < -0.3 is 4.90 Å². The zero-order valence-electron chi connectivity index (χ0n) is 13.5. The van der Waals surface area contributed by atoms with Gasteiger partial charge in [0.25, 0.3) is 10.0 Å². The number of hydrogen-bond acceptors (Lipinski definition) is 4. The zero-order valence-corrected chi connectivity index (χ0v) is 16.7. The van der Waals surface area contributed by atoms with E-state index < -0.39 is 16.1 Å². The first-order valence-electron chi connectivity index (χ1n) is 7.47. The largest absolute Gasteiger partial charge is 0.331 e. The van der Waals surface area contributed by atoms with E-state index in [1.807, 2.05) is 18.6 Å². The van der Waals surface area contributed by atoms with Crippen molar-refractivity contribution in [3.63, 3.8) is 0 Å². The third-order valence-electron chi connectivity index (χ3n) is 3.16. The number of nitrogens with one attached hydrogen (secondary N) is 1. The first-order chi connectivity index (χ1) is 11.3. The molecule has 2 amide bonds. The smallest absolute Gasteiger partial charge is 0.324 e. The minimum Gasteiger partial charge on any atom is -0.324 e. The first kappa shape index (κ1) is 20.9. The molecule has 0 fully saturated rings. The molecule has 0 aliphatic heterocycles. The number of alkyl halides is 1. The number of benzene rings is 1. The molecule has 134 valence electrons. The van der Waals surface area contributed by atoms with Crippen molar-refractivity contribution in [2.45, 2.75) is 31.6 Å². The Balaban J connectivity index is 3.11. The van der Waals surface area contributed by atoms with Gasteiger partial charge in [0.05, 0.1) is 10.4 Å². The fraction of sp³-hybridized carbons (Fsp3) is 0.467. The lowest BCUT2D eigenvalue weighted by atomic mass is 10.1. The average Bonchev–Trinajstić information content (AvgIpc) is 2.53. The molecule has 0 heterocycles. The highest BCUT2D eigenvalue weighted by atomic mass is 79.9. The predicted octanol–water partition coefficient (Wildman–Crippen LogP) is 3.44. The molecule has 1 rings (SSSR count). The summed E-state index contributed by atoms with van der Waals surface area (Å²) in [5.41, 5.74) is 0.197. The molecular weight excluding hydrogens is 420 g/mol. The van der Waals surface area contributed by atoms with Crippen LogP contribution in [0, 0.1) is 0 Å². The number of nitrogens with zero attached hydrogens (tertiary/aromatic N) is 1. The van der Waals surface area contributed by atoms with Gasteiger partial charge in [0, 0.05) is 18.7 Å². The van der Waals surface area contributed by atoms with Gasteiger partial charge >= 0.3 is 6.03 Å². The Morgan fingerprint density at radius 2 is 1.79 bits per heavy atom. The number of rotatable bonds is 8. The normalized spacial score (nSPS) is 11.2. The van der Waals surface area contributed by atoms with Crippen molar-refractivity contribution < 1.29 is 18.0 Å². The van der Waals surface area contributed by atoms with E-state index in [9.17, 15) is 18.0 Å². The maximum absolute atomic E-state index is 12.5. The number of hydrogen-bond donors (Lipinski definition) is 1. The number of halogens is 2. The molecular formula is C15H20BrClN2O4S. The van der Waals surface area contributed by atoms with Gasteiger partial charge in [-0.3, -0.25) is 4.79 Å². The van der Waals surface area contributed by atoms with Gasteiger partial charge in [0.2, 0.25) is 0 Å². The zero-order chi connectivity index (χ0) is 18.3. The highest BCUT2D eigenvalue weighted by Gasteiger charge is 2.24. The summed E-state index contributed by atoms with van der Waals surface area (Å²) in [4.78, 5) is 25.1. The Bertz CT molecular complexity index is 703. The van der Waals surface area contributed by atoms with Gasteiger partial charge in [-0.2, -0.15) is 0 Å². The second kappa shape index (κ2) is 9.39. The molecule has 1 N–H and O–H groups in total. The topological polar surface area (TPSA) is 83.6 Å². The molecule has 0 spiro atoms. The molecule has 6 nitrogen and oxygen atoms in total. The van der Waals surface area contributed by atoms with Gasteiger partial charge in [-0.15, -0.1) is 0 Å². The van der Waals surface area contributed by atoms with E-state index in [-0.39, 0.29) is 26.6 Å². The van der Waals surface area contributed by atoms with Crippen LogP contribution in [0.3, 0.4) is 0 Å². The molecule has 1 aromatic rings. The molecule has 0 saturated carbocycles. The summed E-state index contributed by atoms with van der Waals surface area (Å²) in [6.45, 7) is 4.70. The van der Waals surface area contributed by atoms with Crippen LogP contribution in [0.15, 0.2) is 23.1 Å². The van der Waals surface area contributed by atoms with Crippen LogP contribution in [0.4, 0.5) is 4.79 Å². The van der Waals surface area contributed by atoms with E-state index >= 15 is 0 Å². The number of sulfonamides is 1. The van der Waals surface area contributed by atoms with Crippen molar-refractivity contribution >= 4 is 49.4 Å². The molecule has 24 heavy (non-hydrogen) atoms. The predicted molar refractivity (Wildman–Crippen MR) is 97.4 cm³/mol. The Morgan fingerprint density at radius 1 is 1.21 bits per heavy atom. The van der Waals surface area contributed by atoms with Crippen LogP contribution in [0.2, 0.25) is 5.02 Å². The van der Waals surface area contributed by atoms with E-state index in [1.54, 1.807) is 0 Å². The summed E-state index contributed by atoms with van der Waals surface area (Å²) in [5.74, 6) is -0.284. The Morgan fingerprint density at radius 3 is 2.29 bits per heavy atom. The molecule has 0 bridgehead atoms. The number of Topliss-reactive ketones (excluding diaryl/α,β-unsaturated/α-hetero) is 1. The number of ketones is 1. The molecule has 0 atom stereocenters. The summed E-state index contributed by atoms with van der Waals surface area (Å²) in [6, 6.07) is 3.23. The molecule has 0 unspecified atom stereocenters. The number of carbonyl (C=O) groups is 2. The lowest BCUT2D eigenvalue weighted by molar-refractivity contribution is 0.102. The van der Waals surface area contributed by atoms with E-state index in [2.05, 4.69) is 15.9 Å². The van der Waals surface area contributed by atoms with Crippen LogP contribution >= 0.6 is 27.5 Å². The Labute approximate surface area is 155 Å². The molecule has 9 heteroatoms. The van der Waals surface area contributed by atoms with Crippen LogP contribution in [-0.4, -0.2) is 43.6 Å². The van der Waals surface area contributed by atoms with E-state index in [0.29, 0.717) is 25.9 Å². The lowest BCUT2D eigenvalue weighted by Gasteiger charge is -2.22. The van der Waals surface area contributed by atoms with Crippen LogP contribution in [-0.2, 0) is 10.0 Å². The van der Waals surface area contributed by atoms with Crippen molar-refractivity contribution in [3.8, 4) is 0 Å². The summed E-state index contributed by atoms with van der Waals surface area (Å²) in [5, 5.41) is 0.000280. The van der Waals surface area contributed by atoms with Crippen LogP contribution in [0.25, 0.3) is 0 Å². The van der Waals surface area contributed by atoms with Crippen molar-refractivity contribution in [2.75, 3.05) is 18.4 Å². The van der Waals surface area contributed by atoms with E-state index in [4.69, 9.17) is 11.6 Å². The second-order valence-corrected chi connectivity index (χ2v) is 7.72. The fourth-order valence-corrected chi connectivity index (χ4v) is 3.87. The molecule has 0 aliphatic rings. The molecule has 0 aliphatic carbocycles. The standard InChI is InChI=1S/C15H20BrClN2O4S/c1-3-7-19(8-4-2)15(21)18-24(22,23)14-9-11(13(20)10-16)5-6-12(14)17/h5-6,9H,3-4,7-8,10H2,1-2H3,(H,18,21). The number of urea groups is 1. The van der Waals surface area contributed by atoms with Gasteiger partial charge in [0.15, 0.2) is 5.78 Å². The first-order valence-corrected chi connectivity index (χ1v) is 10.5. The van der Waals surface area contributed by atoms with Gasteiger partial charge in [-0.1, -0.05) is 41.4 Å². The van der Waals surface area contributed by atoms with Gasteiger partial charge in [-0.05, 0) is 31.0 Å². The molecule has 0 aromatic heterocycles. The fourth-order valence-electron chi connectivity index (χ4n) is 2.05. The highest BCUT2D eigenvalue weighted by molar-refractivity contribution is 9.09. The minimum atomic E-state index is -4.18. The van der Waals surface area contributed by atoms with Crippen molar-refractivity contribution in [1.29, 1.82) is 0 Å². The van der Waals surface area contributed by atoms with Gasteiger partial charge in [0.1, 0.15) is 4.90 Å². The SMILES string of the molecule is CCCN(CCC)C(=O)NS(=O)(=O)c1cc(C(=O)CBr)ccc1Cl. The van der Waals surface area contributed by atoms with Gasteiger partial charge in [-0.25, -0.2) is 17.9 Å². The van der Waals surface area contributed by atoms with Crippen LogP contribution in [0.1, 0.15) is 37.0 Å². The van der Waals surface area contributed by atoms with E-state index in [1.165, 1.54) is 23.1 Å². The minimum absolute atomic E-state index is 0.0565. The van der Waals surface area contributed by atoms with Crippen molar-refractivity contribution in [1.82, 2.24) is 9.62 Å². The molecule has 1 aromatic carbocycles. The Kier molecular flexibility index (Phi) is 8.18.